The highest BCUT2D eigenvalue weighted by Gasteiger charge is 2.26. The molecule has 1 aliphatic carbocycles. The van der Waals surface area contributed by atoms with Gasteiger partial charge < -0.3 is 10.6 Å². The van der Waals surface area contributed by atoms with E-state index in [0.717, 1.165) is 37.1 Å². The van der Waals surface area contributed by atoms with Crippen molar-refractivity contribution in [3.63, 3.8) is 0 Å². The van der Waals surface area contributed by atoms with Gasteiger partial charge in [0, 0.05) is 25.0 Å². The maximum atomic E-state index is 12.6. The molecule has 0 radical (unpaired) electrons. The minimum absolute atomic E-state index is 0.168. The largest absolute Gasteiger partial charge is 0.349 e. The Bertz CT molecular complexity index is 800. The van der Waals surface area contributed by atoms with E-state index >= 15 is 0 Å². The number of carbonyl (C=O) groups excluding carboxylic acids is 2. The summed E-state index contributed by atoms with van der Waals surface area (Å²) in [6.45, 7) is 3.98. The van der Waals surface area contributed by atoms with Crippen LogP contribution in [0.15, 0.2) is 24.8 Å². The molecule has 0 aliphatic heterocycles. The van der Waals surface area contributed by atoms with Crippen molar-refractivity contribution in [2.75, 3.05) is 6.54 Å². The van der Waals surface area contributed by atoms with Crippen molar-refractivity contribution < 1.29 is 9.59 Å². The molecule has 1 unspecified atom stereocenters. The molecule has 2 N–H and O–H groups in total. The third-order valence-corrected chi connectivity index (χ3v) is 5.05. The Labute approximate surface area is 164 Å². The summed E-state index contributed by atoms with van der Waals surface area (Å²) in [6.07, 6.45) is 11.6. The first kappa shape index (κ1) is 19.9. The summed E-state index contributed by atoms with van der Waals surface area (Å²) < 4.78 is 0. The number of amides is 2. The number of aryl methyl sites for hydroxylation is 2. The van der Waals surface area contributed by atoms with E-state index in [1.165, 1.54) is 18.8 Å². The molecule has 3 rings (SSSR count). The van der Waals surface area contributed by atoms with Crippen molar-refractivity contribution in [2.45, 2.75) is 52.0 Å². The van der Waals surface area contributed by atoms with E-state index < -0.39 is 0 Å². The van der Waals surface area contributed by atoms with Crippen LogP contribution in [0, 0.1) is 19.8 Å². The highest BCUT2D eigenvalue weighted by molar-refractivity contribution is 5.93. The van der Waals surface area contributed by atoms with Crippen LogP contribution >= 0.6 is 0 Å². The van der Waals surface area contributed by atoms with Crippen LogP contribution in [0.1, 0.15) is 64.5 Å². The SMILES string of the molecule is Cc1cnc(C(=O)NCC(NC(=O)c2cnc(C)cn2)C2CCCCC2)cn1. The smallest absolute Gasteiger partial charge is 0.271 e. The quantitative estimate of drug-likeness (QED) is 0.791. The molecular formula is C20H26N6O2. The summed E-state index contributed by atoms with van der Waals surface area (Å²) in [5, 5.41) is 5.94. The Morgan fingerprint density at radius 1 is 0.893 bits per heavy atom. The molecule has 8 heteroatoms. The number of hydrogen-bond donors (Lipinski definition) is 2. The molecule has 1 fully saturated rings. The van der Waals surface area contributed by atoms with Crippen LogP contribution in [0.5, 0.6) is 0 Å². The predicted octanol–water partition coefficient (Wildman–Crippen LogP) is 1.99. The van der Waals surface area contributed by atoms with Crippen LogP contribution in [-0.2, 0) is 0 Å². The van der Waals surface area contributed by atoms with Gasteiger partial charge in [0.05, 0.1) is 23.8 Å². The number of aromatic nitrogens is 4. The summed E-state index contributed by atoms with van der Waals surface area (Å²) in [5.74, 6) is -0.245. The maximum absolute atomic E-state index is 12.6. The van der Waals surface area contributed by atoms with E-state index in [2.05, 4.69) is 30.6 Å². The summed E-state index contributed by atoms with van der Waals surface area (Å²) >= 11 is 0. The van der Waals surface area contributed by atoms with E-state index in [4.69, 9.17) is 0 Å². The van der Waals surface area contributed by atoms with Crippen LogP contribution in [0.3, 0.4) is 0 Å². The Kier molecular flexibility index (Phi) is 6.62. The van der Waals surface area contributed by atoms with Crippen LogP contribution in [-0.4, -0.2) is 44.3 Å². The van der Waals surface area contributed by atoms with Gasteiger partial charge in [-0.3, -0.25) is 19.6 Å². The lowest BCUT2D eigenvalue weighted by molar-refractivity contribution is 0.0877. The van der Waals surface area contributed by atoms with Gasteiger partial charge in [0.1, 0.15) is 11.4 Å². The molecule has 148 valence electrons. The maximum Gasteiger partial charge on any atom is 0.271 e. The van der Waals surface area contributed by atoms with Crippen molar-refractivity contribution in [1.29, 1.82) is 0 Å². The molecule has 2 aromatic heterocycles. The zero-order chi connectivity index (χ0) is 19.9. The normalized spacial score (nSPS) is 15.6. The van der Waals surface area contributed by atoms with Crippen molar-refractivity contribution in [3.8, 4) is 0 Å². The highest BCUT2D eigenvalue weighted by atomic mass is 16.2. The fourth-order valence-corrected chi connectivity index (χ4v) is 3.43. The zero-order valence-electron chi connectivity index (χ0n) is 16.3. The first-order valence-electron chi connectivity index (χ1n) is 9.69. The van der Waals surface area contributed by atoms with Crippen LogP contribution in [0.2, 0.25) is 0 Å². The molecule has 1 atom stereocenters. The van der Waals surface area contributed by atoms with Gasteiger partial charge in [-0.2, -0.15) is 0 Å². The van der Waals surface area contributed by atoms with Gasteiger partial charge >= 0.3 is 0 Å². The van der Waals surface area contributed by atoms with Crippen molar-refractivity contribution in [1.82, 2.24) is 30.6 Å². The van der Waals surface area contributed by atoms with Gasteiger partial charge in [-0.15, -0.1) is 0 Å². The fraction of sp³-hybridized carbons (Fsp3) is 0.500. The van der Waals surface area contributed by atoms with Crippen LogP contribution < -0.4 is 10.6 Å². The van der Waals surface area contributed by atoms with E-state index in [1.807, 2.05) is 13.8 Å². The molecule has 0 saturated heterocycles. The molecule has 2 aromatic rings. The lowest BCUT2D eigenvalue weighted by Crippen LogP contribution is -2.48. The Morgan fingerprint density at radius 2 is 1.46 bits per heavy atom. The van der Waals surface area contributed by atoms with Gasteiger partial charge in [0.2, 0.25) is 0 Å². The summed E-state index contributed by atoms with van der Waals surface area (Å²) in [7, 11) is 0. The minimum atomic E-state index is -0.294. The topological polar surface area (TPSA) is 110 Å². The van der Waals surface area contributed by atoms with Gasteiger partial charge in [-0.1, -0.05) is 19.3 Å². The van der Waals surface area contributed by atoms with Crippen molar-refractivity contribution >= 4 is 11.8 Å². The second kappa shape index (κ2) is 9.34. The molecule has 0 spiro atoms. The molecule has 0 aromatic carbocycles. The van der Waals surface area contributed by atoms with E-state index in [9.17, 15) is 9.59 Å². The second-order valence-electron chi connectivity index (χ2n) is 7.27. The number of nitrogens with zero attached hydrogens (tertiary/aromatic N) is 4. The number of nitrogens with one attached hydrogen (secondary N) is 2. The van der Waals surface area contributed by atoms with Crippen molar-refractivity contribution in [3.05, 3.63) is 47.6 Å². The zero-order valence-corrected chi connectivity index (χ0v) is 16.3. The first-order valence-corrected chi connectivity index (χ1v) is 9.69. The minimum Gasteiger partial charge on any atom is -0.349 e. The fourth-order valence-electron chi connectivity index (χ4n) is 3.43. The summed E-state index contributed by atoms with van der Waals surface area (Å²) in [5.41, 5.74) is 2.06. The lowest BCUT2D eigenvalue weighted by atomic mass is 9.83. The Hall–Kier alpha value is -2.90. The summed E-state index contributed by atoms with van der Waals surface area (Å²) in [6, 6.07) is -0.168. The molecule has 1 aliphatic rings. The first-order chi connectivity index (χ1) is 13.5. The van der Waals surface area contributed by atoms with E-state index in [1.54, 1.807) is 12.4 Å². The Morgan fingerprint density at radius 3 is 2.00 bits per heavy atom. The summed E-state index contributed by atoms with van der Waals surface area (Å²) in [4.78, 5) is 41.5. The lowest BCUT2D eigenvalue weighted by Gasteiger charge is -2.31. The third kappa shape index (κ3) is 5.31. The molecule has 0 bridgehead atoms. The van der Waals surface area contributed by atoms with Gasteiger partial charge in [-0.05, 0) is 32.6 Å². The predicted molar refractivity (Wildman–Crippen MR) is 104 cm³/mol. The third-order valence-electron chi connectivity index (χ3n) is 5.05. The van der Waals surface area contributed by atoms with Crippen molar-refractivity contribution in [2.24, 2.45) is 5.92 Å². The van der Waals surface area contributed by atoms with Crippen LogP contribution in [0.4, 0.5) is 0 Å². The molecule has 28 heavy (non-hydrogen) atoms. The molecule has 2 amide bonds. The molecule has 8 nitrogen and oxygen atoms in total. The average molecular weight is 382 g/mol. The van der Waals surface area contributed by atoms with Gasteiger partial charge in [0.25, 0.3) is 11.8 Å². The average Bonchev–Trinajstić information content (AvgIpc) is 2.72. The van der Waals surface area contributed by atoms with Gasteiger partial charge in [0.15, 0.2) is 0 Å². The molecule has 2 heterocycles. The monoisotopic (exact) mass is 382 g/mol. The second-order valence-corrected chi connectivity index (χ2v) is 7.27. The number of carbonyl (C=O) groups is 2. The molecule has 1 saturated carbocycles. The standard InChI is InChI=1S/C20H26N6O2/c1-13-8-23-17(11-21-13)19(27)25-10-16(15-6-4-3-5-7-15)26-20(28)18-12-22-14(2)9-24-18/h8-9,11-12,15-16H,3-7,10H2,1-2H3,(H,25,27)(H,26,28). The highest BCUT2D eigenvalue weighted by Crippen LogP contribution is 2.26. The van der Waals surface area contributed by atoms with Gasteiger partial charge in [-0.25, -0.2) is 9.97 Å². The van der Waals surface area contributed by atoms with E-state index in [0.29, 0.717) is 12.5 Å². The van der Waals surface area contributed by atoms with Crippen LogP contribution in [0.25, 0.3) is 0 Å². The molecular weight excluding hydrogens is 356 g/mol. The Balaban J connectivity index is 1.66. The number of rotatable bonds is 6. The van der Waals surface area contributed by atoms with E-state index in [-0.39, 0.29) is 29.2 Å². The number of hydrogen-bond acceptors (Lipinski definition) is 6.